The molecule has 0 radical (unpaired) electrons. The third-order valence-electron chi connectivity index (χ3n) is 4.03. The van der Waals surface area contributed by atoms with Gasteiger partial charge in [-0.2, -0.15) is 5.26 Å². The van der Waals surface area contributed by atoms with Gasteiger partial charge in [-0.25, -0.2) is 4.99 Å². The molecular formula is C16H14BrN3O. The first-order chi connectivity index (χ1) is 10.2. The summed E-state index contributed by atoms with van der Waals surface area (Å²) in [6, 6.07) is 4.35. The summed E-state index contributed by atoms with van der Waals surface area (Å²) in [6.07, 6.45) is 4.35. The van der Waals surface area contributed by atoms with Crippen molar-refractivity contribution in [2.24, 2.45) is 10.9 Å². The van der Waals surface area contributed by atoms with Crippen molar-refractivity contribution in [3.05, 3.63) is 45.2 Å². The Balaban J connectivity index is 2.11. The van der Waals surface area contributed by atoms with Crippen LogP contribution in [0.15, 0.2) is 39.1 Å². The summed E-state index contributed by atoms with van der Waals surface area (Å²) in [5.74, 6) is 0.667. The summed E-state index contributed by atoms with van der Waals surface area (Å²) >= 11 is 3.57. The lowest BCUT2D eigenvalue weighted by Crippen LogP contribution is -2.18. The first kappa shape index (κ1) is 14.0. The average Bonchev–Trinajstić information content (AvgIpc) is 2.87. The number of ether oxygens (including phenoxy) is 1. The molecule has 0 spiro atoms. The van der Waals surface area contributed by atoms with Crippen LogP contribution in [0.4, 0.5) is 0 Å². The Morgan fingerprint density at radius 2 is 2.29 bits per heavy atom. The molecule has 0 aromatic carbocycles. The molecule has 1 aromatic rings. The SMILES string of the molecule is COC1=NCC2C(C#N)=C(c3cnccc3C)CC2=C1Br. The molecule has 0 N–H and O–H groups in total. The Morgan fingerprint density at radius 1 is 1.48 bits per heavy atom. The summed E-state index contributed by atoms with van der Waals surface area (Å²) in [4.78, 5) is 8.61. The van der Waals surface area contributed by atoms with Crippen molar-refractivity contribution in [2.45, 2.75) is 13.3 Å². The summed E-state index contributed by atoms with van der Waals surface area (Å²) in [5.41, 5.74) is 5.23. The van der Waals surface area contributed by atoms with Gasteiger partial charge in [0, 0.05) is 29.4 Å². The number of hydrogen-bond donors (Lipinski definition) is 0. The summed E-state index contributed by atoms with van der Waals surface area (Å²) in [6.45, 7) is 2.61. The van der Waals surface area contributed by atoms with Crippen LogP contribution in [0.25, 0.3) is 5.57 Å². The van der Waals surface area contributed by atoms with E-state index in [1.807, 2.05) is 19.2 Å². The van der Waals surface area contributed by atoms with Crippen LogP contribution in [-0.4, -0.2) is 24.5 Å². The number of nitrogens with zero attached hydrogens (tertiary/aromatic N) is 3. The van der Waals surface area contributed by atoms with Crippen LogP contribution >= 0.6 is 15.9 Å². The molecule has 2 aliphatic rings. The molecule has 106 valence electrons. The Bertz CT molecular complexity index is 740. The number of hydrogen-bond acceptors (Lipinski definition) is 4. The molecule has 1 aliphatic heterocycles. The number of methoxy groups -OCH3 is 1. The zero-order chi connectivity index (χ0) is 15.0. The molecule has 0 saturated heterocycles. The Hall–Kier alpha value is -1.93. The highest BCUT2D eigenvalue weighted by molar-refractivity contribution is 9.12. The fourth-order valence-electron chi connectivity index (χ4n) is 2.93. The van der Waals surface area contributed by atoms with E-state index >= 15 is 0 Å². The van der Waals surface area contributed by atoms with E-state index < -0.39 is 0 Å². The smallest absolute Gasteiger partial charge is 0.223 e. The first-order valence-corrected chi connectivity index (χ1v) is 7.48. The number of dihydropyridines is 1. The molecule has 1 aromatic heterocycles. The van der Waals surface area contributed by atoms with Gasteiger partial charge in [0.05, 0.1) is 24.2 Å². The predicted octanol–water partition coefficient (Wildman–Crippen LogP) is 3.39. The molecule has 1 aliphatic carbocycles. The molecule has 0 bridgehead atoms. The molecular weight excluding hydrogens is 330 g/mol. The summed E-state index contributed by atoms with van der Waals surface area (Å²) in [5, 5.41) is 9.59. The molecule has 0 fully saturated rings. The molecule has 21 heavy (non-hydrogen) atoms. The number of fused-ring (bicyclic) bond motifs is 1. The van der Waals surface area contributed by atoms with Crippen molar-refractivity contribution in [3.63, 3.8) is 0 Å². The van der Waals surface area contributed by atoms with Gasteiger partial charge in [0.2, 0.25) is 5.90 Å². The van der Waals surface area contributed by atoms with E-state index in [0.29, 0.717) is 12.4 Å². The Labute approximate surface area is 132 Å². The van der Waals surface area contributed by atoms with E-state index in [-0.39, 0.29) is 5.92 Å². The van der Waals surface area contributed by atoms with Crippen molar-refractivity contribution in [1.82, 2.24) is 4.98 Å². The van der Waals surface area contributed by atoms with E-state index in [1.54, 1.807) is 13.3 Å². The summed E-state index contributed by atoms with van der Waals surface area (Å²) in [7, 11) is 1.61. The number of nitriles is 1. The molecule has 3 rings (SSSR count). The lowest BCUT2D eigenvalue weighted by atomic mass is 9.95. The second kappa shape index (κ2) is 5.45. The second-order valence-electron chi connectivity index (χ2n) is 5.11. The number of halogens is 1. The highest BCUT2D eigenvalue weighted by atomic mass is 79.9. The van der Waals surface area contributed by atoms with Crippen LogP contribution in [0, 0.1) is 24.2 Å². The molecule has 0 saturated carbocycles. The van der Waals surface area contributed by atoms with Gasteiger partial charge in [0.1, 0.15) is 0 Å². The van der Waals surface area contributed by atoms with Crippen LogP contribution in [0.5, 0.6) is 0 Å². The van der Waals surface area contributed by atoms with Crippen molar-refractivity contribution in [1.29, 1.82) is 5.26 Å². The highest BCUT2D eigenvalue weighted by Gasteiger charge is 2.36. The number of pyridine rings is 1. The maximum atomic E-state index is 9.59. The lowest BCUT2D eigenvalue weighted by molar-refractivity contribution is 0.400. The molecule has 5 heteroatoms. The van der Waals surface area contributed by atoms with Gasteiger partial charge in [-0.1, -0.05) is 0 Å². The predicted molar refractivity (Wildman–Crippen MR) is 84.9 cm³/mol. The van der Waals surface area contributed by atoms with Gasteiger partial charge >= 0.3 is 0 Å². The van der Waals surface area contributed by atoms with E-state index in [2.05, 4.69) is 32.0 Å². The summed E-state index contributed by atoms with van der Waals surface area (Å²) < 4.78 is 6.16. The van der Waals surface area contributed by atoms with Crippen molar-refractivity contribution in [3.8, 4) is 6.07 Å². The van der Waals surface area contributed by atoms with Crippen LogP contribution in [0.3, 0.4) is 0 Å². The maximum Gasteiger partial charge on any atom is 0.223 e. The zero-order valence-corrected chi connectivity index (χ0v) is 13.4. The van der Waals surface area contributed by atoms with E-state index in [1.165, 1.54) is 5.57 Å². The van der Waals surface area contributed by atoms with Gasteiger partial charge in [0.15, 0.2) is 0 Å². The third kappa shape index (κ3) is 2.20. The van der Waals surface area contributed by atoms with E-state index in [9.17, 15) is 5.26 Å². The zero-order valence-electron chi connectivity index (χ0n) is 11.9. The quantitative estimate of drug-likeness (QED) is 0.785. The van der Waals surface area contributed by atoms with Gasteiger partial charge in [-0.15, -0.1) is 0 Å². The molecule has 4 nitrogen and oxygen atoms in total. The largest absolute Gasteiger partial charge is 0.480 e. The van der Waals surface area contributed by atoms with Gasteiger partial charge in [0.25, 0.3) is 0 Å². The van der Waals surface area contributed by atoms with Gasteiger partial charge in [-0.3, -0.25) is 4.98 Å². The minimum atomic E-state index is 0.0536. The van der Waals surface area contributed by atoms with Crippen molar-refractivity contribution >= 4 is 27.4 Å². The molecule has 0 amide bonds. The number of aliphatic imine (C=N–C) groups is 1. The van der Waals surface area contributed by atoms with Crippen molar-refractivity contribution in [2.75, 3.05) is 13.7 Å². The molecule has 1 atom stereocenters. The number of aromatic nitrogens is 1. The highest BCUT2D eigenvalue weighted by Crippen LogP contribution is 2.46. The second-order valence-corrected chi connectivity index (χ2v) is 5.91. The normalized spacial score (nSPS) is 21.0. The minimum absolute atomic E-state index is 0.0536. The van der Waals surface area contributed by atoms with Crippen LogP contribution in [0.1, 0.15) is 17.5 Å². The number of allylic oxidation sites excluding steroid dienone is 1. The van der Waals surface area contributed by atoms with Crippen molar-refractivity contribution < 1.29 is 4.74 Å². The topological polar surface area (TPSA) is 58.3 Å². The number of aryl methyl sites for hydroxylation is 1. The van der Waals surface area contributed by atoms with Gasteiger partial charge < -0.3 is 4.74 Å². The number of rotatable bonds is 1. The monoisotopic (exact) mass is 343 g/mol. The lowest BCUT2D eigenvalue weighted by Gasteiger charge is -2.19. The minimum Gasteiger partial charge on any atom is -0.480 e. The van der Waals surface area contributed by atoms with Crippen LogP contribution < -0.4 is 0 Å². The maximum absolute atomic E-state index is 9.59. The molecule has 1 unspecified atom stereocenters. The standard InChI is InChI=1S/C16H14BrN3O/c1-9-3-4-19-7-13(9)10-5-11-14(12(10)6-18)8-20-16(21-2)15(11)17/h3-4,7,14H,5,8H2,1-2H3. The van der Waals surface area contributed by atoms with Crippen LogP contribution in [0.2, 0.25) is 0 Å². The van der Waals surface area contributed by atoms with Crippen LogP contribution in [-0.2, 0) is 4.74 Å². The average molecular weight is 344 g/mol. The van der Waals surface area contributed by atoms with E-state index in [4.69, 9.17) is 4.74 Å². The Morgan fingerprint density at radius 3 is 2.95 bits per heavy atom. The van der Waals surface area contributed by atoms with E-state index in [0.717, 1.165) is 33.2 Å². The third-order valence-corrected chi connectivity index (χ3v) is 4.88. The fourth-order valence-corrected chi connectivity index (χ4v) is 3.63. The first-order valence-electron chi connectivity index (χ1n) is 6.68. The fraction of sp³-hybridized carbons (Fsp3) is 0.312. The van der Waals surface area contributed by atoms with Gasteiger partial charge in [-0.05, 0) is 52.1 Å². The Kier molecular flexibility index (Phi) is 3.64. The molecule has 2 heterocycles.